The largest absolute Gasteiger partial charge is 0.490 e. The number of hydrogen-bond acceptors (Lipinski definition) is 9. The average molecular weight is 782 g/mol. The molecule has 4 fully saturated rings. The van der Waals surface area contributed by atoms with Crippen LogP contribution >= 0.6 is 11.6 Å². The first kappa shape index (κ1) is 37.7. The molecule has 1 saturated carbocycles. The van der Waals surface area contributed by atoms with Gasteiger partial charge in [0.1, 0.15) is 18.0 Å². The number of nitrogens with zero attached hydrogens (tertiary/aromatic N) is 7. The predicted molar refractivity (Wildman–Crippen MR) is 210 cm³/mol. The molecule has 4 aliphatic rings. The summed E-state index contributed by atoms with van der Waals surface area (Å²) >= 11 is 6.14. The van der Waals surface area contributed by atoms with Crippen LogP contribution in [-0.2, 0) is 4.79 Å². The summed E-state index contributed by atoms with van der Waals surface area (Å²) in [6.45, 7) is 3.99. The summed E-state index contributed by atoms with van der Waals surface area (Å²) in [5, 5.41) is 24.5. The molecule has 2 atom stereocenters. The summed E-state index contributed by atoms with van der Waals surface area (Å²) in [5.41, 5.74) is 2.31. The van der Waals surface area contributed by atoms with Crippen LogP contribution in [0.4, 0.5) is 20.7 Å². The number of anilines is 2. The van der Waals surface area contributed by atoms with Gasteiger partial charge in [-0.1, -0.05) is 17.7 Å². The van der Waals surface area contributed by atoms with E-state index in [1.54, 1.807) is 29.2 Å². The number of ether oxygens (including phenoxy) is 1. The third-order valence-electron chi connectivity index (χ3n) is 11.7. The molecule has 1 aliphatic carbocycles. The Labute approximate surface area is 329 Å². The third-order valence-corrected chi connectivity index (χ3v) is 12.1. The van der Waals surface area contributed by atoms with Gasteiger partial charge in [0.05, 0.1) is 33.9 Å². The molecule has 3 aliphatic heterocycles. The average Bonchev–Trinajstić information content (AvgIpc) is 3.64. The van der Waals surface area contributed by atoms with Crippen molar-refractivity contribution in [3.8, 4) is 11.8 Å². The zero-order valence-corrected chi connectivity index (χ0v) is 31.8. The van der Waals surface area contributed by atoms with E-state index in [0.29, 0.717) is 47.5 Å². The minimum atomic E-state index is -1.03. The molecule has 8 rings (SSSR count). The van der Waals surface area contributed by atoms with Gasteiger partial charge in [-0.25, -0.2) is 9.18 Å². The highest BCUT2D eigenvalue weighted by Crippen LogP contribution is 2.35. The van der Waals surface area contributed by atoms with Gasteiger partial charge in [-0.05, 0) is 93.3 Å². The number of imide groups is 1. The van der Waals surface area contributed by atoms with Crippen molar-refractivity contribution < 1.29 is 23.5 Å². The fourth-order valence-electron chi connectivity index (χ4n) is 8.69. The van der Waals surface area contributed by atoms with Crippen molar-refractivity contribution in [2.24, 2.45) is 5.92 Å². The number of piperidine rings is 2. The molecule has 2 N–H and O–H groups in total. The van der Waals surface area contributed by atoms with Crippen LogP contribution in [0, 0.1) is 17.2 Å². The van der Waals surface area contributed by atoms with Crippen molar-refractivity contribution >= 4 is 51.9 Å². The molecule has 15 heteroatoms. The second kappa shape index (κ2) is 16.5. The minimum Gasteiger partial charge on any atom is -0.490 e. The number of likely N-dealkylation sites (tertiary alicyclic amines) is 1. The van der Waals surface area contributed by atoms with E-state index < -0.39 is 12.2 Å². The Morgan fingerprint density at radius 2 is 1.80 bits per heavy atom. The molecule has 292 valence electrons. The zero-order chi connectivity index (χ0) is 38.8. The molecular weight excluding hydrogens is 737 g/mol. The summed E-state index contributed by atoms with van der Waals surface area (Å²) in [6.07, 6.45) is 6.91. The smallest absolute Gasteiger partial charge is 0.328 e. The first-order valence-electron chi connectivity index (χ1n) is 19.6. The molecule has 0 spiro atoms. The van der Waals surface area contributed by atoms with Gasteiger partial charge in [-0.2, -0.15) is 5.26 Å². The molecular formula is C41H45ClFN9O4. The third kappa shape index (κ3) is 8.15. The maximum absolute atomic E-state index is 15.9. The van der Waals surface area contributed by atoms with Gasteiger partial charge in [0.2, 0.25) is 5.91 Å². The second-order valence-corrected chi connectivity index (χ2v) is 15.8. The van der Waals surface area contributed by atoms with Crippen LogP contribution < -0.4 is 25.2 Å². The zero-order valence-electron chi connectivity index (χ0n) is 31.1. The van der Waals surface area contributed by atoms with Gasteiger partial charge < -0.3 is 24.4 Å². The number of alkyl halides is 1. The molecule has 4 amide bonds. The number of nitrogens with one attached hydrogen (secondary N) is 2. The van der Waals surface area contributed by atoms with E-state index >= 15 is 4.39 Å². The summed E-state index contributed by atoms with van der Waals surface area (Å²) in [6, 6.07) is 17.7. The lowest BCUT2D eigenvalue weighted by Gasteiger charge is -2.39. The molecule has 0 unspecified atom stereocenters. The van der Waals surface area contributed by atoms with E-state index in [4.69, 9.17) is 21.6 Å². The number of rotatable bonds is 9. The second-order valence-electron chi connectivity index (χ2n) is 15.3. The Morgan fingerprint density at radius 3 is 2.52 bits per heavy atom. The number of amides is 4. The molecule has 2 aromatic carbocycles. The lowest BCUT2D eigenvalue weighted by Crippen LogP contribution is -2.49. The van der Waals surface area contributed by atoms with E-state index in [1.807, 2.05) is 41.1 Å². The lowest BCUT2D eigenvalue weighted by atomic mass is 9.92. The molecule has 2 aromatic heterocycles. The molecule has 0 bridgehead atoms. The molecule has 4 aromatic rings. The fourth-order valence-corrected chi connectivity index (χ4v) is 8.90. The van der Waals surface area contributed by atoms with Gasteiger partial charge in [-0.3, -0.25) is 19.8 Å². The molecule has 5 heterocycles. The van der Waals surface area contributed by atoms with E-state index in [0.717, 1.165) is 87.1 Å². The van der Waals surface area contributed by atoms with E-state index in [1.165, 1.54) is 0 Å². The topological polar surface area (TPSA) is 149 Å². The van der Waals surface area contributed by atoms with Crippen LogP contribution in [0.3, 0.4) is 0 Å². The summed E-state index contributed by atoms with van der Waals surface area (Å²) < 4.78 is 24.0. The number of halogens is 2. The first-order chi connectivity index (χ1) is 27.2. The number of carbonyl (C=O) groups excluding carboxylic acids is 3. The summed E-state index contributed by atoms with van der Waals surface area (Å²) in [4.78, 5) is 43.3. The van der Waals surface area contributed by atoms with Crippen LogP contribution in [0.15, 0.2) is 60.8 Å². The lowest BCUT2D eigenvalue weighted by molar-refractivity contribution is -0.120. The van der Waals surface area contributed by atoms with E-state index in [2.05, 4.69) is 36.7 Å². The quantitative estimate of drug-likeness (QED) is 0.208. The highest BCUT2D eigenvalue weighted by atomic mass is 35.5. The van der Waals surface area contributed by atoms with Crippen LogP contribution in [0.1, 0.15) is 73.5 Å². The molecule has 3 saturated heterocycles. The Bertz CT molecular complexity index is 2130. The van der Waals surface area contributed by atoms with Crippen molar-refractivity contribution in [1.29, 1.82) is 5.26 Å². The monoisotopic (exact) mass is 781 g/mol. The normalized spacial score (nSPS) is 23.8. The van der Waals surface area contributed by atoms with Crippen LogP contribution in [0.2, 0.25) is 5.02 Å². The molecule has 0 radical (unpaired) electrons. The molecule has 56 heavy (non-hydrogen) atoms. The van der Waals surface area contributed by atoms with Crippen molar-refractivity contribution in [3.05, 3.63) is 77.1 Å². The van der Waals surface area contributed by atoms with Crippen molar-refractivity contribution in [2.45, 2.75) is 75.7 Å². The number of benzene rings is 2. The summed E-state index contributed by atoms with van der Waals surface area (Å²) in [5.74, 6) is 1.33. The van der Waals surface area contributed by atoms with E-state index in [-0.39, 0.29) is 36.4 Å². The number of urea groups is 1. The van der Waals surface area contributed by atoms with Crippen LogP contribution in [0.25, 0.3) is 10.9 Å². The highest BCUT2D eigenvalue weighted by molar-refractivity contribution is 6.31. The van der Waals surface area contributed by atoms with Gasteiger partial charge in [-0.15, -0.1) is 10.2 Å². The molecule has 13 nitrogen and oxygen atoms in total. The van der Waals surface area contributed by atoms with E-state index in [9.17, 15) is 14.4 Å². The Morgan fingerprint density at radius 1 is 0.982 bits per heavy atom. The van der Waals surface area contributed by atoms with Crippen molar-refractivity contribution in [2.75, 3.05) is 49.1 Å². The predicted octanol–water partition coefficient (Wildman–Crippen LogP) is 6.02. The Kier molecular flexibility index (Phi) is 11.1. The number of carbonyl (C=O) groups is 3. The number of hydrogen-bond donors (Lipinski definition) is 2. The highest BCUT2D eigenvalue weighted by Gasteiger charge is 2.34. The Hall–Kier alpha value is -5.26. The van der Waals surface area contributed by atoms with Gasteiger partial charge in [0.15, 0.2) is 11.5 Å². The van der Waals surface area contributed by atoms with Crippen LogP contribution in [-0.4, -0.2) is 95.1 Å². The SMILES string of the molecule is N#Cc1ccc(O[C@H]2CC[C@H](NC(=O)c3ccc(N4CCC(CN5CC[C@H](n6ccc7c(N8CCC(=O)NC8=O)cccc76)[C@H](F)C5)CC4)nn3)CC2)cc1Cl. The van der Waals surface area contributed by atoms with Gasteiger partial charge in [0, 0.05) is 69.4 Å². The first-order valence-corrected chi connectivity index (χ1v) is 19.9. The maximum Gasteiger partial charge on any atom is 0.328 e. The minimum absolute atomic E-state index is 0.0171. The Balaban J connectivity index is 0.774. The van der Waals surface area contributed by atoms with Crippen molar-refractivity contribution in [3.63, 3.8) is 0 Å². The standard InChI is InChI=1S/C41H45ClFN9O4/c42-32-22-30(7-4-27(32)23-44)56-29-8-5-28(6-9-29)45-40(54)34-10-11-38(48-47-34)50-18-12-26(13-19-50)24-49-17-15-37(33(43)25-49)51-20-14-31-35(51)2-1-3-36(31)52-21-16-39(53)46-41(52)55/h1-4,7,10-11,14,20,22,26,28-29,33,37H,5-6,8-9,12-13,15-19,21,24-25H2,(H,45,54)(H,46,53,55)/t28-,29-,33-,37+/m1/s1. The maximum atomic E-state index is 15.9. The van der Waals surface area contributed by atoms with Crippen molar-refractivity contribution in [1.82, 2.24) is 30.3 Å². The van der Waals surface area contributed by atoms with Gasteiger partial charge in [0.25, 0.3) is 5.91 Å². The fraction of sp³-hybridized carbons (Fsp3) is 0.463. The van der Waals surface area contributed by atoms with Crippen LogP contribution in [0.5, 0.6) is 5.75 Å². The number of nitriles is 1. The number of aromatic nitrogens is 3. The summed E-state index contributed by atoms with van der Waals surface area (Å²) in [7, 11) is 0. The number of fused-ring (bicyclic) bond motifs is 1. The van der Waals surface area contributed by atoms with Gasteiger partial charge >= 0.3 is 6.03 Å².